The molecule has 3 heteroatoms. The number of carbonyl (C=O) groups excluding carboxylic acids is 1. The van der Waals surface area contributed by atoms with Crippen LogP contribution in [0.4, 0.5) is 0 Å². The molecule has 0 amide bonds. The molecule has 0 saturated carbocycles. The lowest BCUT2D eigenvalue weighted by Gasteiger charge is -1.99. The molecule has 0 aromatic heterocycles. The standard InChI is InChI=1S/C13H17NO2/c1-3-4-9-14-10-11-5-7-12(8-6-11)13(15)16-2/h5-8,10H,3-4,9H2,1-2H3. The van der Waals surface area contributed by atoms with Crippen LogP contribution in [0.2, 0.25) is 0 Å². The Balaban J connectivity index is 2.57. The molecule has 86 valence electrons. The fourth-order valence-corrected chi connectivity index (χ4v) is 1.24. The summed E-state index contributed by atoms with van der Waals surface area (Å²) >= 11 is 0. The molecular weight excluding hydrogens is 202 g/mol. The third-order valence-corrected chi connectivity index (χ3v) is 2.21. The van der Waals surface area contributed by atoms with E-state index in [1.165, 1.54) is 7.11 Å². The number of benzene rings is 1. The van der Waals surface area contributed by atoms with Gasteiger partial charge in [0.2, 0.25) is 0 Å². The Kier molecular flexibility index (Phi) is 5.26. The van der Waals surface area contributed by atoms with Crippen molar-refractivity contribution in [3.8, 4) is 0 Å². The summed E-state index contributed by atoms with van der Waals surface area (Å²) in [5, 5.41) is 0. The Morgan fingerprint density at radius 1 is 1.38 bits per heavy atom. The van der Waals surface area contributed by atoms with Crippen molar-refractivity contribution in [3.05, 3.63) is 35.4 Å². The van der Waals surface area contributed by atoms with E-state index >= 15 is 0 Å². The second-order valence-electron chi connectivity index (χ2n) is 3.50. The molecule has 0 spiro atoms. The largest absolute Gasteiger partial charge is 0.465 e. The quantitative estimate of drug-likeness (QED) is 0.434. The molecule has 0 aliphatic rings. The van der Waals surface area contributed by atoms with Gasteiger partial charge in [-0.15, -0.1) is 0 Å². The highest BCUT2D eigenvalue weighted by Gasteiger charge is 2.02. The van der Waals surface area contributed by atoms with E-state index in [9.17, 15) is 4.79 Å². The zero-order valence-corrected chi connectivity index (χ0v) is 9.77. The predicted molar refractivity (Wildman–Crippen MR) is 65.2 cm³/mol. The summed E-state index contributed by atoms with van der Waals surface area (Å²) in [7, 11) is 1.38. The second-order valence-corrected chi connectivity index (χ2v) is 3.50. The van der Waals surface area contributed by atoms with E-state index in [1.807, 2.05) is 18.3 Å². The lowest BCUT2D eigenvalue weighted by Crippen LogP contribution is -2.00. The fourth-order valence-electron chi connectivity index (χ4n) is 1.24. The Bertz CT molecular complexity index is 355. The van der Waals surface area contributed by atoms with Crippen molar-refractivity contribution in [3.63, 3.8) is 0 Å². The van der Waals surface area contributed by atoms with E-state index in [0.29, 0.717) is 5.56 Å². The van der Waals surface area contributed by atoms with Gasteiger partial charge in [-0.1, -0.05) is 25.5 Å². The van der Waals surface area contributed by atoms with E-state index in [4.69, 9.17) is 0 Å². The van der Waals surface area contributed by atoms with Gasteiger partial charge in [-0.25, -0.2) is 4.79 Å². The Morgan fingerprint density at radius 3 is 2.62 bits per heavy atom. The molecule has 0 bridgehead atoms. The van der Waals surface area contributed by atoms with Crippen LogP contribution in [0, 0.1) is 0 Å². The highest BCUT2D eigenvalue weighted by Crippen LogP contribution is 2.04. The van der Waals surface area contributed by atoms with Crippen molar-refractivity contribution in [2.45, 2.75) is 19.8 Å². The summed E-state index contributed by atoms with van der Waals surface area (Å²) in [5.41, 5.74) is 1.57. The summed E-state index contributed by atoms with van der Waals surface area (Å²) in [4.78, 5) is 15.5. The maximum atomic E-state index is 11.2. The summed E-state index contributed by atoms with van der Waals surface area (Å²) in [6.45, 7) is 3.00. The normalized spacial score (nSPS) is 10.6. The van der Waals surface area contributed by atoms with E-state index in [0.717, 1.165) is 24.9 Å². The zero-order valence-electron chi connectivity index (χ0n) is 9.77. The molecule has 16 heavy (non-hydrogen) atoms. The smallest absolute Gasteiger partial charge is 0.337 e. The van der Waals surface area contributed by atoms with Crippen molar-refractivity contribution in [1.82, 2.24) is 0 Å². The Hall–Kier alpha value is -1.64. The van der Waals surface area contributed by atoms with Crippen molar-refractivity contribution in [2.75, 3.05) is 13.7 Å². The van der Waals surface area contributed by atoms with E-state index in [1.54, 1.807) is 12.1 Å². The molecule has 0 unspecified atom stereocenters. The number of aliphatic imine (C=N–C) groups is 1. The topological polar surface area (TPSA) is 38.7 Å². The molecule has 0 N–H and O–H groups in total. The van der Waals surface area contributed by atoms with Gasteiger partial charge in [-0.2, -0.15) is 0 Å². The van der Waals surface area contributed by atoms with Gasteiger partial charge in [0, 0.05) is 12.8 Å². The van der Waals surface area contributed by atoms with Crippen LogP contribution >= 0.6 is 0 Å². The Labute approximate surface area is 96.2 Å². The van der Waals surface area contributed by atoms with Crippen molar-refractivity contribution < 1.29 is 9.53 Å². The summed E-state index contributed by atoms with van der Waals surface area (Å²) in [5.74, 6) is -0.311. The van der Waals surface area contributed by atoms with Crippen LogP contribution in [0.5, 0.6) is 0 Å². The summed E-state index contributed by atoms with van der Waals surface area (Å²) in [6.07, 6.45) is 4.09. The lowest BCUT2D eigenvalue weighted by molar-refractivity contribution is 0.0601. The van der Waals surface area contributed by atoms with Gasteiger partial charge >= 0.3 is 5.97 Å². The van der Waals surface area contributed by atoms with Crippen LogP contribution in [0.15, 0.2) is 29.3 Å². The summed E-state index contributed by atoms with van der Waals surface area (Å²) in [6, 6.07) is 7.21. The monoisotopic (exact) mass is 219 g/mol. The minimum Gasteiger partial charge on any atom is -0.465 e. The van der Waals surface area contributed by atoms with E-state index in [-0.39, 0.29) is 5.97 Å². The third-order valence-electron chi connectivity index (χ3n) is 2.21. The number of ether oxygens (including phenoxy) is 1. The number of hydrogen-bond donors (Lipinski definition) is 0. The Morgan fingerprint density at radius 2 is 2.06 bits per heavy atom. The maximum absolute atomic E-state index is 11.2. The van der Waals surface area contributed by atoms with Crippen molar-refractivity contribution >= 4 is 12.2 Å². The van der Waals surface area contributed by atoms with Crippen LogP contribution in [0.1, 0.15) is 35.7 Å². The molecular formula is C13H17NO2. The summed E-state index contributed by atoms with van der Waals surface area (Å²) < 4.78 is 4.62. The first-order valence-electron chi connectivity index (χ1n) is 5.46. The number of unbranched alkanes of at least 4 members (excludes halogenated alkanes) is 1. The fraction of sp³-hybridized carbons (Fsp3) is 0.385. The van der Waals surface area contributed by atoms with Crippen molar-refractivity contribution in [1.29, 1.82) is 0 Å². The molecule has 0 radical (unpaired) electrons. The molecule has 1 aromatic rings. The first kappa shape index (κ1) is 12.4. The van der Waals surface area contributed by atoms with Gasteiger partial charge in [0.25, 0.3) is 0 Å². The minimum absolute atomic E-state index is 0.311. The first-order valence-corrected chi connectivity index (χ1v) is 5.46. The molecule has 1 aromatic carbocycles. The average molecular weight is 219 g/mol. The second kappa shape index (κ2) is 6.77. The van der Waals surface area contributed by atoms with Crippen LogP contribution < -0.4 is 0 Å². The number of nitrogens with zero attached hydrogens (tertiary/aromatic N) is 1. The molecule has 0 atom stereocenters. The number of rotatable bonds is 5. The number of carbonyl (C=O) groups is 1. The molecule has 0 aliphatic heterocycles. The first-order chi connectivity index (χ1) is 7.77. The van der Waals surface area contributed by atoms with Crippen LogP contribution in [0.25, 0.3) is 0 Å². The van der Waals surface area contributed by atoms with Crippen LogP contribution in [-0.2, 0) is 4.74 Å². The molecule has 0 saturated heterocycles. The van der Waals surface area contributed by atoms with Crippen LogP contribution in [0.3, 0.4) is 0 Å². The number of hydrogen-bond acceptors (Lipinski definition) is 3. The highest BCUT2D eigenvalue weighted by molar-refractivity contribution is 5.90. The molecule has 0 fully saturated rings. The van der Waals surface area contributed by atoms with Gasteiger partial charge in [0.05, 0.1) is 12.7 Å². The average Bonchev–Trinajstić information content (AvgIpc) is 2.34. The van der Waals surface area contributed by atoms with Crippen molar-refractivity contribution in [2.24, 2.45) is 4.99 Å². The third kappa shape index (κ3) is 3.85. The zero-order chi connectivity index (χ0) is 11.8. The van der Waals surface area contributed by atoms with Gasteiger partial charge in [0.15, 0.2) is 0 Å². The lowest BCUT2D eigenvalue weighted by atomic mass is 10.1. The minimum atomic E-state index is -0.311. The molecule has 1 rings (SSSR count). The van der Waals surface area contributed by atoms with E-state index in [2.05, 4.69) is 16.7 Å². The maximum Gasteiger partial charge on any atom is 0.337 e. The van der Waals surface area contributed by atoms with Gasteiger partial charge in [-0.05, 0) is 24.1 Å². The predicted octanol–water partition coefficient (Wildman–Crippen LogP) is 2.69. The van der Waals surface area contributed by atoms with Gasteiger partial charge < -0.3 is 4.74 Å². The molecule has 0 aliphatic carbocycles. The van der Waals surface area contributed by atoms with E-state index < -0.39 is 0 Å². The molecule has 3 nitrogen and oxygen atoms in total. The number of methoxy groups -OCH3 is 1. The van der Waals surface area contributed by atoms with Gasteiger partial charge in [-0.3, -0.25) is 4.99 Å². The number of esters is 1. The highest BCUT2D eigenvalue weighted by atomic mass is 16.5. The van der Waals surface area contributed by atoms with Crippen LogP contribution in [-0.4, -0.2) is 25.8 Å². The molecule has 0 heterocycles. The SMILES string of the molecule is CCCCN=Cc1ccc(C(=O)OC)cc1. The van der Waals surface area contributed by atoms with Gasteiger partial charge in [0.1, 0.15) is 0 Å².